The van der Waals surface area contributed by atoms with Gasteiger partial charge in [-0.1, -0.05) is 18.2 Å². The lowest BCUT2D eigenvalue weighted by Gasteiger charge is -2.15. The van der Waals surface area contributed by atoms with Gasteiger partial charge in [-0.05, 0) is 35.9 Å². The maximum absolute atomic E-state index is 12.1. The summed E-state index contributed by atoms with van der Waals surface area (Å²) >= 11 is 0. The second-order valence-electron chi connectivity index (χ2n) is 5.70. The van der Waals surface area contributed by atoms with Crippen LogP contribution in [0.1, 0.15) is 21.7 Å². The molecule has 134 valence electrons. The van der Waals surface area contributed by atoms with Crippen molar-refractivity contribution < 1.29 is 22.7 Å². The molecule has 8 heteroatoms. The summed E-state index contributed by atoms with van der Waals surface area (Å²) < 4.78 is 29.4. The van der Waals surface area contributed by atoms with Gasteiger partial charge in [-0.2, -0.15) is 0 Å². The molecule has 0 aliphatic heterocycles. The Labute approximate surface area is 149 Å². The lowest BCUT2D eigenvalue weighted by atomic mass is 9.95. The van der Waals surface area contributed by atoms with Crippen molar-refractivity contribution in [1.29, 1.82) is 0 Å². The van der Waals surface area contributed by atoms with Crippen LogP contribution < -0.4 is 10.9 Å². The number of hydrogen-bond donors (Lipinski definition) is 3. The fourth-order valence-electron chi connectivity index (χ4n) is 2.76. The van der Waals surface area contributed by atoms with Crippen molar-refractivity contribution in [2.45, 2.75) is 11.3 Å². The van der Waals surface area contributed by atoms with Gasteiger partial charge in [-0.15, -0.1) is 0 Å². The molecule has 0 spiro atoms. The molecule has 26 heavy (non-hydrogen) atoms. The fourth-order valence-corrected chi connectivity index (χ4v) is 3.52. The molecular formula is C18H16N2O5S. The first-order chi connectivity index (χ1) is 12.3. The van der Waals surface area contributed by atoms with E-state index in [4.69, 9.17) is 15.3 Å². The van der Waals surface area contributed by atoms with Gasteiger partial charge in [0.2, 0.25) is 10.0 Å². The molecule has 0 radical (unpaired) electrons. The van der Waals surface area contributed by atoms with E-state index < -0.39 is 16.0 Å². The maximum atomic E-state index is 12.1. The first kappa shape index (κ1) is 17.7. The molecule has 0 aliphatic carbocycles. The van der Waals surface area contributed by atoms with E-state index in [2.05, 4.69) is 0 Å². The van der Waals surface area contributed by atoms with Crippen LogP contribution in [0.2, 0.25) is 0 Å². The number of carbonyl (C=O) groups is 1. The van der Waals surface area contributed by atoms with Crippen molar-refractivity contribution in [3.8, 4) is 11.1 Å². The standard InChI is InChI=1S/C18H16N2O5S/c19-16-6-2-1-5-13(16)15-9-11(8-12-4-3-7-25-12)14(18(21)22)10-17(15)26(20,23)24/h1-7,9-10H,8,19H2,(H,21,22)(H2,20,23,24). The quantitative estimate of drug-likeness (QED) is 0.588. The van der Waals surface area contributed by atoms with Crippen molar-refractivity contribution in [3.05, 3.63) is 71.7 Å². The van der Waals surface area contributed by atoms with Crippen LogP contribution in [0, 0.1) is 0 Å². The third-order valence-corrected chi connectivity index (χ3v) is 4.89. The third-order valence-electron chi connectivity index (χ3n) is 3.94. The third kappa shape index (κ3) is 3.46. The Hall–Kier alpha value is -3.10. The van der Waals surface area contributed by atoms with Crippen molar-refractivity contribution in [3.63, 3.8) is 0 Å². The summed E-state index contributed by atoms with van der Waals surface area (Å²) in [6.45, 7) is 0. The minimum atomic E-state index is -4.18. The molecule has 0 saturated carbocycles. The van der Waals surface area contributed by atoms with Gasteiger partial charge in [0.05, 0.1) is 16.7 Å². The fraction of sp³-hybridized carbons (Fsp3) is 0.0556. The van der Waals surface area contributed by atoms with Crippen LogP contribution in [-0.2, 0) is 16.4 Å². The number of benzene rings is 2. The number of carboxylic acid groups (broad SMARTS) is 1. The highest BCUT2D eigenvalue weighted by atomic mass is 32.2. The van der Waals surface area contributed by atoms with Crippen molar-refractivity contribution in [2.75, 3.05) is 5.73 Å². The van der Waals surface area contributed by atoms with Gasteiger partial charge in [0.25, 0.3) is 0 Å². The molecule has 3 rings (SSSR count). The van der Waals surface area contributed by atoms with E-state index in [-0.39, 0.29) is 22.4 Å². The maximum Gasteiger partial charge on any atom is 0.336 e. The van der Waals surface area contributed by atoms with Gasteiger partial charge >= 0.3 is 5.97 Å². The number of nitrogen functional groups attached to an aromatic ring is 1. The summed E-state index contributed by atoms with van der Waals surface area (Å²) in [7, 11) is -4.18. The summed E-state index contributed by atoms with van der Waals surface area (Å²) in [6, 6.07) is 12.6. The summed E-state index contributed by atoms with van der Waals surface area (Å²) in [5, 5.41) is 14.8. The Morgan fingerprint density at radius 3 is 2.38 bits per heavy atom. The van der Waals surface area contributed by atoms with Crippen molar-refractivity contribution in [2.24, 2.45) is 5.14 Å². The molecule has 2 aromatic carbocycles. The predicted molar refractivity (Wildman–Crippen MR) is 96.1 cm³/mol. The Morgan fingerprint density at radius 2 is 1.81 bits per heavy atom. The van der Waals surface area contributed by atoms with E-state index in [1.165, 1.54) is 12.3 Å². The van der Waals surface area contributed by atoms with Crippen molar-refractivity contribution in [1.82, 2.24) is 0 Å². The first-order valence-electron chi connectivity index (χ1n) is 7.57. The summed E-state index contributed by atoms with van der Waals surface area (Å²) in [5.74, 6) is -0.716. The lowest BCUT2D eigenvalue weighted by Crippen LogP contribution is -2.16. The van der Waals surface area contributed by atoms with Crippen LogP contribution in [0.15, 0.2) is 64.1 Å². The molecule has 0 amide bonds. The zero-order valence-electron chi connectivity index (χ0n) is 13.5. The molecule has 1 heterocycles. The molecule has 0 atom stereocenters. The van der Waals surface area contributed by atoms with Crippen LogP contribution in [0.25, 0.3) is 11.1 Å². The zero-order valence-corrected chi connectivity index (χ0v) is 14.4. The van der Waals surface area contributed by atoms with Crippen LogP contribution in [0.5, 0.6) is 0 Å². The van der Waals surface area contributed by atoms with Crippen molar-refractivity contribution >= 4 is 21.7 Å². The number of nitrogens with two attached hydrogens (primary N) is 2. The topological polar surface area (TPSA) is 137 Å². The number of rotatable bonds is 5. The van der Waals surface area contributed by atoms with E-state index in [0.29, 0.717) is 22.6 Å². The minimum absolute atomic E-state index is 0.163. The van der Waals surface area contributed by atoms with Gasteiger partial charge in [0.1, 0.15) is 5.76 Å². The average Bonchev–Trinajstić information content (AvgIpc) is 3.06. The summed E-state index contributed by atoms with van der Waals surface area (Å²) in [6.07, 6.45) is 1.66. The second-order valence-corrected chi connectivity index (χ2v) is 7.23. The SMILES string of the molecule is Nc1ccccc1-c1cc(Cc2ccco2)c(C(=O)O)cc1S(N)(=O)=O. The highest BCUT2D eigenvalue weighted by Crippen LogP contribution is 2.34. The monoisotopic (exact) mass is 372 g/mol. The zero-order chi connectivity index (χ0) is 18.9. The van der Waals surface area contributed by atoms with Crippen LogP contribution in [0.3, 0.4) is 0 Å². The van der Waals surface area contributed by atoms with E-state index in [1.807, 2.05) is 0 Å². The Bertz CT molecular complexity index is 1070. The molecule has 1 aromatic heterocycles. The molecule has 0 aliphatic rings. The van der Waals surface area contributed by atoms with Crippen LogP contribution in [-0.4, -0.2) is 19.5 Å². The lowest BCUT2D eigenvalue weighted by molar-refractivity contribution is 0.0695. The molecule has 0 saturated heterocycles. The molecular weight excluding hydrogens is 356 g/mol. The molecule has 3 aromatic rings. The molecule has 0 unspecified atom stereocenters. The number of primary sulfonamides is 1. The number of sulfonamides is 1. The highest BCUT2D eigenvalue weighted by molar-refractivity contribution is 7.89. The van der Waals surface area contributed by atoms with Gasteiger partial charge in [-0.25, -0.2) is 18.4 Å². The number of aromatic carboxylic acids is 1. The van der Waals surface area contributed by atoms with Crippen LogP contribution >= 0.6 is 0 Å². The van der Waals surface area contributed by atoms with Gasteiger partial charge in [-0.3, -0.25) is 0 Å². The minimum Gasteiger partial charge on any atom is -0.478 e. The highest BCUT2D eigenvalue weighted by Gasteiger charge is 2.23. The largest absolute Gasteiger partial charge is 0.478 e. The smallest absolute Gasteiger partial charge is 0.336 e. The predicted octanol–water partition coefficient (Wildman–Crippen LogP) is 2.47. The van der Waals surface area contributed by atoms with E-state index in [9.17, 15) is 18.3 Å². The number of furan rings is 1. The molecule has 0 fully saturated rings. The van der Waals surface area contributed by atoms with E-state index >= 15 is 0 Å². The number of hydrogen-bond acceptors (Lipinski definition) is 5. The molecule has 0 bridgehead atoms. The Kier molecular flexibility index (Phi) is 4.54. The Morgan fingerprint density at radius 1 is 1.08 bits per heavy atom. The normalized spacial score (nSPS) is 11.4. The summed E-state index contributed by atoms with van der Waals surface area (Å²) in [5.41, 5.74) is 7.25. The molecule has 5 N–H and O–H groups in total. The Balaban J connectivity index is 2.31. The van der Waals surface area contributed by atoms with Gasteiger partial charge in [0, 0.05) is 23.2 Å². The number of para-hydroxylation sites is 1. The first-order valence-corrected chi connectivity index (χ1v) is 9.12. The van der Waals surface area contributed by atoms with E-state index in [1.54, 1.807) is 36.4 Å². The van der Waals surface area contributed by atoms with E-state index in [0.717, 1.165) is 6.07 Å². The van der Waals surface area contributed by atoms with Crippen LogP contribution in [0.4, 0.5) is 5.69 Å². The summed E-state index contributed by atoms with van der Waals surface area (Å²) in [4.78, 5) is 11.4. The second kappa shape index (κ2) is 6.66. The van der Waals surface area contributed by atoms with Gasteiger partial charge < -0.3 is 15.3 Å². The average molecular weight is 372 g/mol. The van der Waals surface area contributed by atoms with Gasteiger partial charge in [0.15, 0.2) is 0 Å². The molecule has 7 nitrogen and oxygen atoms in total. The number of anilines is 1. The number of carboxylic acids is 1.